The predicted molar refractivity (Wildman–Crippen MR) is 109 cm³/mol. The Kier molecular flexibility index (Phi) is 6.36. The number of carboxylic acids is 1. The number of benzene rings is 1. The Morgan fingerprint density at radius 3 is 2.45 bits per heavy atom. The zero-order valence-electron chi connectivity index (χ0n) is 16.5. The van der Waals surface area contributed by atoms with E-state index in [0.29, 0.717) is 11.4 Å². The van der Waals surface area contributed by atoms with Crippen LogP contribution >= 0.6 is 0 Å². The quantitative estimate of drug-likeness (QED) is 0.632. The molecule has 1 aliphatic rings. The molecule has 0 unspecified atom stereocenters. The van der Waals surface area contributed by atoms with E-state index < -0.39 is 11.4 Å². The summed E-state index contributed by atoms with van der Waals surface area (Å²) in [5, 5.41) is 14.9. The van der Waals surface area contributed by atoms with Crippen LogP contribution in [0.15, 0.2) is 41.0 Å². The summed E-state index contributed by atoms with van der Waals surface area (Å²) in [6.07, 6.45) is 6.21. The summed E-state index contributed by atoms with van der Waals surface area (Å²) in [6.45, 7) is 1.83. The topological polar surface area (TPSA) is 109 Å². The molecule has 7 heteroatoms. The lowest BCUT2D eigenvalue weighted by Gasteiger charge is -2.35. The third kappa shape index (κ3) is 5.47. The first-order valence-corrected chi connectivity index (χ1v) is 9.84. The molecular formula is C22H26N2O5. The van der Waals surface area contributed by atoms with Gasteiger partial charge < -0.3 is 20.2 Å². The average molecular weight is 398 g/mol. The minimum Gasteiger partial charge on any atom is -0.481 e. The number of rotatable bonds is 7. The van der Waals surface area contributed by atoms with Crippen molar-refractivity contribution in [2.75, 3.05) is 10.6 Å². The van der Waals surface area contributed by atoms with Crippen molar-refractivity contribution < 1.29 is 23.9 Å². The molecule has 0 radical (unpaired) electrons. The van der Waals surface area contributed by atoms with Crippen LogP contribution in [0, 0.1) is 12.3 Å². The Morgan fingerprint density at radius 2 is 1.83 bits per heavy atom. The smallest absolute Gasteiger partial charge is 0.303 e. The summed E-state index contributed by atoms with van der Waals surface area (Å²) in [7, 11) is 0. The number of carboxylic acid groups (broad SMARTS) is 1. The van der Waals surface area contributed by atoms with Gasteiger partial charge in [0.15, 0.2) is 5.76 Å². The molecule has 1 aromatic heterocycles. The van der Waals surface area contributed by atoms with Gasteiger partial charge in [-0.25, -0.2) is 0 Å². The summed E-state index contributed by atoms with van der Waals surface area (Å²) < 4.78 is 5.08. The summed E-state index contributed by atoms with van der Waals surface area (Å²) in [5.41, 5.74) is 1.57. The van der Waals surface area contributed by atoms with E-state index in [0.717, 1.165) is 37.7 Å². The molecule has 154 valence electrons. The molecule has 1 saturated carbocycles. The second kappa shape index (κ2) is 8.94. The highest BCUT2D eigenvalue weighted by molar-refractivity contribution is 6.03. The first-order chi connectivity index (χ1) is 13.9. The number of hydrogen-bond donors (Lipinski definition) is 3. The van der Waals surface area contributed by atoms with Gasteiger partial charge in [0.05, 0.1) is 12.7 Å². The number of hydrogen-bond acceptors (Lipinski definition) is 4. The van der Waals surface area contributed by atoms with Crippen LogP contribution in [0.4, 0.5) is 11.4 Å². The van der Waals surface area contributed by atoms with Crippen LogP contribution in [0.25, 0.3) is 0 Å². The molecule has 3 N–H and O–H groups in total. The van der Waals surface area contributed by atoms with Crippen molar-refractivity contribution in [3.63, 3.8) is 0 Å². The fourth-order valence-electron chi connectivity index (χ4n) is 4.06. The van der Waals surface area contributed by atoms with Gasteiger partial charge in [0.2, 0.25) is 5.91 Å². The maximum Gasteiger partial charge on any atom is 0.303 e. The first-order valence-electron chi connectivity index (χ1n) is 9.84. The third-order valence-electron chi connectivity index (χ3n) is 5.48. The average Bonchev–Trinajstić information content (AvgIpc) is 3.18. The van der Waals surface area contributed by atoms with Gasteiger partial charge in [0, 0.05) is 17.8 Å². The number of anilines is 2. The minimum absolute atomic E-state index is 0.0250. The fraction of sp³-hybridized carbons (Fsp3) is 0.409. The van der Waals surface area contributed by atoms with Crippen molar-refractivity contribution in [3.05, 3.63) is 47.9 Å². The van der Waals surface area contributed by atoms with Crippen LogP contribution in [0.2, 0.25) is 0 Å². The van der Waals surface area contributed by atoms with E-state index in [4.69, 9.17) is 4.42 Å². The molecule has 0 aliphatic heterocycles. The number of carbonyl (C=O) groups excluding carboxylic acids is 2. The highest BCUT2D eigenvalue weighted by Gasteiger charge is 2.36. The molecule has 0 bridgehead atoms. The lowest BCUT2D eigenvalue weighted by Crippen LogP contribution is -2.32. The minimum atomic E-state index is -0.854. The van der Waals surface area contributed by atoms with Gasteiger partial charge in [0.1, 0.15) is 0 Å². The van der Waals surface area contributed by atoms with E-state index in [2.05, 4.69) is 10.6 Å². The molecule has 1 heterocycles. The van der Waals surface area contributed by atoms with Crippen LogP contribution in [-0.4, -0.2) is 22.9 Å². The molecule has 1 aromatic carbocycles. The number of nitrogens with one attached hydrogen (secondary N) is 2. The van der Waals surface area contributed by atoms with E-state index >= 15 is 0 Å². The summed E-state index contributed by atoms with van der Waals surface area (Å²) in [4.78, 5) is 36.0. The van der Waals surface area contributed by atoms with Crippen molar-refractivity contribution >= 4 is 29.2 Å². The van der Waals surface area contributed by atoms with Crippen molar-refractivity contribution in [3.8, 4) is 0 Å². The van der Waals surface area contributed by atoms with Gasteiger partial charge >= 0.3 is 5.97 Å². The van der Waals surface area contributed by atoms with Crippen molar-refractivity contribution in [1.82, 2.24) is 0 Å². The molecule has 3 rings (SSSR count). The zero-order valence-corrected chi connectivity index (χ0v) is 16.5. The van der Waals surface area contributed by atoms with Crippen molar-refractivity contribution in [2.24, 2.45) is 5.41 Å². The normalized spacial score (nSPS) is 15.5. The van der Waals surface area contributed by atoms with E-state index in [1.54, 1.807) is 30.3 Å². The summed E-state index contributed by atoms with van der Waals surface area (Å²) >= 11 is 0. The molecular weight excluding hydrogens is 372 g/mol. The molecule has 29 heavy (non-hydrogen) atoms. The molecule has 0 atom stereocenters. The van der Waals surface area contributed by atoms with Crippen molar-refractivity contribution in [1.29, 1.82) is 0 Å². The van der Waals surface area contributed by atoms with Crippen LogP contribution in [0.1, 0.15) is 61.1 Å². The number of aliphatic carboxylic acids is 1. The van der Waals surface area contributed by atoms with Gasteiger partial charge in [0.25, 0.3) is 5.91 Å². The second-order valence-electron chi connectivity index (χ2n) is 7.82. The highest BCUT2D eigenvalue weighted by atomic mass is 16.4. The van der Waals surface area contributed by atoms with E-state index in [9.17, 15) is 19.5 Å². The molecule has 1 aliphatic carbocycles. The predicted octanol–water partition coefficient (Wildman–Crippen LogP) is 4.59. The number of furan rings is 1. The Balaban J connectivity index is 1.63. The highest BCUT2D eigenvalue weighted by Crippen LogP contribution is 2.42. The monoisotopic (exact) mass is 398 g/mol. The third-order valence-corrected chi connectivity index (χ3v) is 5.48. The SMILES string of the molecule is Cc1cc(NC(=O)CC2(CC(=O)O)CCCCC2)ccc1NC(=O)c1ccco1. The molecule has 0 saturated heterocycles. The number of amides is 2. The number of carbonyl (C=O) groups is 3. The molecule has 1 fully saturated rings. The summed E-state index contributed by atoms with van der Waals surface area (Å²) in [6, 6.07) is 8.44. The van der Waals surface area contributed by atoms with Crippen LogP contribution in [-0.2, 0) is 9.59 Å². The first kappa shape index (κ1) is 20.6. The van der Waals surface area contributed by atoms with E-state index in [1.165, 1.54) is 6.26 Å². The zero-order chi connectivity index (χ0) is 20.9. The van der Waals surface area contributed by atoms with E-state index in [1.807, 2.05) is 6.92 Å². The van der Waals surface area contributed by atoms with Gasteiger partial charge in [-0.3, -0.25) is 14.4 Å². The van der Waals surface area contributed by atoms with Gasteiger partial charge in [-0.05, 0) is 61.1 Å². The lowest BCUT2D eigenvalue weighted by atomic mass is 9.69. The largest absolute Gasteiger partial charge is 0.481 e. The Hall–Kier alpha value is -3.09. The molecule has 0 spiro atoms. The summed E-state index contributed by atoms with van der Waals surface area (Å²) in [5.74, 6) is -1.16. The van der Waals surface area contributed by atoms with Gasteiger partial charge in [-0.15, -0.1) is 0 Å². The number of aryl methyl sites for hydroxylation is 1. The Morgan fingerprint density at radius 1 is 1.07 bits per heavy atom. The molecule has 2 amide bonds. The fourth-order valence-corrected chi connectivity index (χ4v) is 4.06. The Labute approximate surface area is 169 Å². The lowest BCUT2D eigenvalue weighted by molar-refractivity contribution is -0.140. The van der Waals surface area contributed by atoms with Crippen LogP contribution in [0.3, 0.4) is 0 Å². The van der Waals surface area contributed by atoms with E-state index in [-0.39, 0.29) is 30.4 Å². The van der Waals surface area contributed by atoms with Crippen molar-refractivity contribution in [2.45, 2.75) is 51.9 Å². The maximum absolute atomic E-state index is 12.6. The van der Waals surface area contributed by atoms with Gasteiger partial charge in [-0.2, -0.15) is 0 Å². The Bertz CT molecular complexity index is 883. The standard InChI is InChI=1S/C22H26N2O5/c1-15-12-16(7-8-17(15)24-21(28)18-6-5-11-29-18)23-19(25)13-22(14-20(26)27)9-3-2-4-10-22/h5-8,11-12H,2-4,9-10,13-14H2,1H3,(H,23,25)(H,24,28)(H,26,27). The van der Waals surface area contributed by atoms with Crippen LogP contribution in [0.5, 0.6) is 0 Å². The maximum atomic E-state index is 12.6. The second-order valence-corrected chi connectivity index (χ2v) is 7.82. The molecule has 7 nitrogen and oxygen atoms in total. The molecule has 2 aromatic rings. The van der Waals surface area contributed by atoms with Gasteiger partial charge in [-0.1, -0.05) is 19.3 Å². The van der Waals surface area contributed by atoms with Crippen LogP contribution < -0.4 is 10.6 Å².